The number of hydrogen-bond acceptors (Lipinski definition) is 2. The molecule has 0 amide bonds. The Kier molecular flexibility index (Phi) is 3.17. The van der Waals surface area contributed by atoms with Gasteiger partial charge >= 0.3 is 0 Å². The quantitative estimate of drug-likeness (QED) is 0.805. The van der Waals surface area contributed by atoms with E-state index in [-0.39, 0.29) is 6.04 Å². The van der Waals surface area contributed by atoms with Crippen LogP contribution in [-0.4, -0.2) is 0 Å². The van der Waals surface area contributed by atoms with Gasteiger partial charge in [0.05, 0.1) is 0 Å². The average molecular weight is 223 g/mol. The molecule has 15 heavy (non-hydrogen) atoms. The number of rotatable bonds is 2. The number of hydrogen-bond donors (Lipinski definition) is 1. The summed E-state index contributed by atoms with van der Waals surface area (Å²) in [5.74, 6) is 0. The van der Waals surface area contributed by atoms with Crippen molar-refractivity contribution >= 4 is 11.3 Å². The first-order valence-corrected chi connectivity index (χ1v) is 6.75. The van der Waals surface area contributed by atoms with Gasteiger partial charge in [-0.25, -0.2) is 0 Å². The van der Waals surface area contributed by atoms with Crippen molar-refractivity contribution in [2.45, 2.75) is 52.0 Å². The van der Waals surface area contributed by atoms with Crippen LogP contribution in [0.1, 0.15) is 54.8 Å². The van der Waals surface area contributed by atoms with Crippen LogP contribution in [0.2, 0.25) is 0 Å². The Labute approximate surface area is 96.7 Å². The maximum Gasteiger partial charge on any atom is 0.0444 e. The van der Waals surface area contributed by atoms with Crippen LogP contribution in [0.4, 0.5) is 0 Å². The molecule has 0 bridgehead atoms. The zero-order valence-electron chi connectivity index (χ0n) is 9.75. The molecular weight excluding hydrogens is 202 g/mol. The van der Waals surface area contributed by atoms with E-state index in [2.05, 4.69) is 26.0 Å². The van der Waals surface area contributed by atoms with Crippen LogP contribution in [0.5, 0.6) is 0 Å². The molecule has 0 radical (unpaired) electrons. The molecular formula is C13H21NS. The van der Waals surface area contributed by atoms with E-state index in [1.165, 1.54) is 41.9 Å². The Morgan fingerprint density at radius 1 is 1.27 bits per heavy atom. The molecule has 1 aliphatic rings. The lowest BCUT2D eigenvalue weighted by Crippen LogP contribution is -2.33. The van der Waals surface area contributed by atoms with Crippen LogP contribution in [-0.2, 0) is 0 Å². The summed E-state index contributed by atoms with van der Waals surface area (Å²) < 4.78 is 0. The summed E-state index contributed by atoms with van der Waals surface area (Å²) in [6.07, 6.45) is 6.70. The summed E-state index contributed by atoms with van der Waals surface area (Å²) in [4.78, 5) is 2.75. The van der Waals surface area contributed by atoms with Gasteiger partial charge in [-0.1, -0.05) is 26.2 Å². The van der Waals surface area contributed by atoms with Crippen molar-refractivity contribution in [1.29, 1.82) is 0 Å². The summed E-state index contributed by atoms with van der Waals surface area (Å²) in [5, 5.41) is 0. The highest BCUT2D eigenvalue weighted by Gasteiger charge is 2.34. The topological polar surface area (TPSA) is 26.0 Å². The Hall–Kier alpha value is -0.340. The lowest BCUT2D eigenvalue weighted by Gasteiger charge is -2.38. The molecule has 0 aromatic carbocycles. The first-order chi connectivity index (χ1) is 7.12. The van der Waals surface area contributed by atoms with E-state index in [0.717, 1.165) is 0 Å². The van der Waals surface area contributed by atoms with Gasteiger partial charge in [-0.05, 0) is 37.3 Å². The van der Waals surface area contributed by atoms with Crippen molar-refractivity contribution in [2.24, 2.45) is 11.1 Å². The highest BCUT2D eigenvalue weighted by molar-refractivity contribution is 7.12. The fourth-order valence-corrected chi connectivity index (χ4v) is 3.69. The third-order valence-electron chi connectivity index (χ3n) is 3.81. The van der Waals surface area contributed by atoms with Crippen LogP contribution in [0.25, 0.3) is 0 Å². The van der Waals surface area contributed by atoms with Crippen LogP contribution < -0.4 is 5.73 Å². The molecule has 0 saturated heterocycles. The van der Waals surface area contributed by atoms with Gasteiger partial charge in [-0.2, -0.15) is 0 Å². The van der Waals surface area contributed by atoms with Gasteiger partial charge in [0.2, 0.25) is 0 Å². The summed E-state index contributed by atoms with van der Waals surface area (Å²) >= 11 is 1.86. The van der Waals surface area contributed by atoms with Crippen LogP contribution in [0.3, 0.4) is 0 Å². The predicted molar refractivity (Wildman–Crippen MR) is 67.2 cm³/mol. The van der Waals surface area contributed by atoms with Crippen molar-refractivity contribution in [3.8, 4) is 0 Å². The lowest BCUT2D eigenvalue weighted by molar-refractivity contribution is 0.172. The maximum atomic E-state index is 6.43. The summed E-state index contributed by atoms with van der Waals surface area (Å²) in [6.45, 7) is 4.52. The van der Waals surface area contributed by atoms with Crippen LogP contribution in [0.15, 0.2) is 12.1 Å². The van der Waals surface area contributed by atoms with Crippen molar-refractivity contribution in [3.63, 3.8) is 0 Å². The molecule has 1 saturated carbocycles. The monoisotopic (exact) mass is 223 g/mol. The van der Waals surface area contributed by atoms with Crippen LogP contribution >= 0.6 is 11.3 Å². The summed E-state index contributed by atoms with van der Waals surface area (Å²) in [6, 6.07) is 4.65. The molecule has 2 heteroatoms. The minimum Gasteiger partial charge on any atom is -0.323 e. The standard InChI is InChI=1S/C13H21NS/c1-10-6-7-11(15-10)12(14)13(2)8-4-3-5-9-13/h6-7,12H,3-5,8-9,14H2,1-2H3. The third kappa shape index (κ3) is 2.26. The SMILES string of the molecule is Cc1ccc(C(N)C2(C)CCCCC2)s1. The predicted octanol–water partition coefficient (Wildman–Crippen LogP) is 4.03. The fraction of sp³-hybridized carbons (Fsp3) is 0.692. The Morgan fingerprint density at radius 3 is 2.47 bits per heavy atom. The number of nitrogens with two attached hydrogens (primary N) is 1. The largest absolute Gasteiger partial charge is 0.323 e. The molecule has 2 N–H and O–H groups in total. The molecule has 1 unspecified atom stereocenters. The number of thiophene rings is 1. The summed E-state index contributed by atoms with van der Waals surface area (Å²) in [7, 11) is 0. The molecule has 1 aromatic heterocycles. The normalized spacial score (nSPS) is 22.6. The Bertz CT molecular complexity index is 323. The molecule has 84 valence electrons. The van der Waals surface area contributed by atoms with E-state index in [1.54, 1.807) is 0 Å². The van der Waals surface area contributed by atoms with E-state index in [9.17, 15) is 0 Å². The second-order valence-electron chi connectivity index (χ2n) is 5.14. The van der Waals surface area contributed by atoms with Gasteiger partial charge < -0.3 is 5.73 Å². The molecule has 1 aliphatic carbocycles. The molecule has 0 spiro atoms. The van der Waals surface area contributed by atoms with E-state index in [0.29, 0.717) is 5.41 Å². The molecule has 1 atom stereocenters. The van der Waals surface area contributed by atoms with Gasteiger partial charge in [0.15, 0.2) is 0 Å². The van der Waals surface area contributed by atoms with Gasteiger partial charge in [0.25, 0.3) is 0 Å². The van der Waals surface area contributed by atoms with E-state index in [4.69, 9.17) is 5.73 Å². The molecule has 1 heterocycles. The van der Waals surface area contributed by atoms with Crippen molar-refractivity contribution in [2.75, 3.05) is 0 Å². The fourth-order valence-electron chi connectivity index (χ4n) is 2.63. The van der Waals surface area contributed by atoms with Gasteiger partial charge in [0.1, 0.15) is 0 Å². The minimum absolute atomic E-state index is 0.247. The van der Waals surface area contributed by atoms with Crippen molar-refractivity contribution < 1.29 is 0 Å². The number of aryl methyl sites for hydroxylation is 1. The van der Waals surface area contributed by atoms with E-state index in [1.807, 2.05) is 11.3 Å². The highest BCUT2D eigenvalue weighted by atomic mass is 32.1. The first-order valence-electron chi connectivity index (χ1n) is 5.94. The zero-order chi connectivity index (χ0) is 10.9. The smallest absolute Gasteiger partial charge is 0.0444 e. The van der Waals surface area contributed by atoms with E-state index < -0.39 is 0 Å². The lowest BCUT2D eigenvalue weighted by atomic mass is 9.70. The zero-order valence-corrected chi connectivity index (χ0v) is 10.6. The Morgan fingerprint density at radius 2 is 1.93 bits per heavy atom. The third-order valence-corrected chi connectivity index (χ3v) is 4.90. The molecule has 0 aliphatic heterocycles. The van der Waals surface area contributed by atoms with Crippen molar-refractivity contribution in [1.82, 2.24) is 0 Å². The molecule has 1 fully saturated rings. The minimum atomic E-state index is 0.247. The van der Waals surface area contributed by atoms with E-state index >= 15 is 0 Å². The molecule has 2 rings (SSSR count). The second kappa shape index (κ2) is 4.26. The highest BCUT2D eigenvalue weighted by Crippen LogP contribution is 2.45. The molecule has 1 aromatic rings. The van der Waals surface area contributed by atoms with Gasteiger partial charge in [0, 0.05) is 15.8 Å². The summed E-state index contributed by atoms with van der Waals surface area (Å²) in [5.41, 5.74) is 6.77. The Balaban J connectivity index is 2.15. The average Bonchev–Trinajstić information content (AvgIpc) is 2.65. The van der Waals surface area contributed by atoms with Crippen LogP contribution in [0, 0.1) is 12.3 Å². The second-order valence-corrected chi connectivity index (χ2v) is 6.46. The van der Waals surface area contributed by atoms with Gasteiger partial charge in [-0.15, -0.1) is 11.3 Å². The maximum absolute atomic E-state index is 6.43. The van der Waals surface area contributed by atoms with Gasteiger partial charge in [-0.3, -0.25) is 0 Å². The first kappa shape index (κ1) is 11.2. The molecule has 1 nitrogen and oxygen atoms in total. The van der Waals surface area contributed by atoms with Crippen molar-refractivity contribution in [3.05, 3.63) is 21.9 Å².